The zero-order chi connectivity index (χ0) is 20.2. The highest BCUT2D eigenvalue weighted by Gasteiger charge is 2.21. The van der Waals surface area contributed by atoms with Gasteiger partial charge in [-0.2, -0.15) is 0 Å². The number of carbonyl (C=O) groups excluding carboxylic acids is 1. The van der Waals surface area contributed by atoms with Gasteiger partial charge in [0.05, 0.1) is 18.0 Å². The molecule has 0 spiro atoms. The van der Waals surface area contributed by atoms with Crippen LogP contribution in [0.4, 0.5) is 5.69 Å². The summed E-state index contributed by atoms with van der Waals surface area (Å²) in [6, 6.07) is 9.99. The molecule has 29 heavy (non-hydrogen) atoms. The summed E-state index contributed by atoms with van der Waals surface area (Å²) in [5.74, 6) is 1.25. The molecule has 1 aromatic carbocycles. The van der Waals surface area contributed by atoms with Gasteiger partial charge in [-0.1, -0.05) is 24.3 Å². The maximum Gasteiger partial charge on any atom is 0.257 e. The van der Waals surface area contributed by atoms with Gasteiger partial charge in [0.15, 0.2) is 0 Å². The van der Waals surface area contributed by atoms with Gasteiger partial charge in [-0.25, -0.2) is 0 Å². The molecule has 1 aliphatic rings. The van der Waals surface area contributed by atoms with Crippen LogP contribution < -0.4 is 5.32 Å². The number of piperazine rings is 1. The van der Waals surface area contributed by atoms with Crippen LogP contribution in [0.3, 0.4) is 0 Å². The monoisotopic (exact) mass is 411 g/mol. The molecule has 152 valence electrons. The van der Waals surface area contributed by atoms with Crippen LogP contribution in [0.15, 0.2) is 40.1 Å². The number of benzene rings is 1. The quantitative estimate of drug-likeness (QED) is 0.672. The largest absolute Gasteiger partial charge is 0.419 e. The van der Waals surface area contributed by atoms with Crippen LogP contribution in [-0.4, -0.2) is 58.6 Å². The number of aryl methyl sites for hydroxylation is 2. The molecule has 0 saturated carbocycles. The Kier molecular flexibility index (Phi) is 6.03. The van der Waals surface area contributed by atoms with Gasteiger partial charge in [-0.05, 0) is 36.4 Å². The van der Waals surface area contributed by atoms with E-state index in [9.17, 15) is 4.79 Å². The lowest BCUT2D eigenvalue weighted by Crippen LogP contribution is -2.48. The number of para-hydroxylation sites is 1. The minimum Gasteiger partial charge on any atom is -0.419 e. The number of carbonyl (C=O) groups is 1. The Morgan fingerprint density at radius 3 is 2.48 bits per heavy atom. The number of nitrogens with zero attached hydrogens (tertiary/aromatic N) is 4. The third kappa shape index (κ3) is 4.90. The number of anilines is 1. The highest BCUT2D eigenvalue weighted by Crippen LogP contribution is 2.23. The van der Waals surface area contributed by atoms with E-state index in [1.807, 2.05) is 49.6 Å². The smallest absolute Gasteiger partial charge is 0.257 e. The Bertz CT molecular complexity index is 941. The van der Waals surface area contributed by atoms with Crippen LogP contribution in [0.5, 0.6) is 0 Å². The standard InChI is InChI=1S/C21H25N5O2S/c1-15-5-3-6-16(2)20(15)22-18(27)13-25-8-10-26(11-9-25)14-19-23-24-21(28-19)17-7-4-12-29-17/h3-7,12H,8-11,13-14H2,1-2H3,(H,22,27). The van der Waals surface area contributed by atoms with E-state index in [1.165, 1.54) is 0 Å². The summed E-state index contributed by atoms with van der Waals surface area (Å²) in [4.78, 5) is 17.9. The van der Waals surface area contributed by atoms with E-state index < -0.39 is 0 Å². The average Bonchev–Trinajstić information content (AvgIpc) is 3.38. The predicted molar refractivity (Wildman–Crippen MR) is 114 cm³/mol. The highest BCUT2D eigenvalue weighted by molar-refractivity contribution is 7.13. The molecule has 1 amide bonds. The fourth-order valence-corrected chi connectivity index (χ4v) is 4.15. The van der Waals surface area contributed by atoms with Crippen molar-refractivity contribution in [2.24, 2.45) is 0 Å². The molecule has 2 aromatic heterocycles. The third-order valence-electron chi connectivity index (χ3n) is 5.14. The van der Waals surface area contributed by atoms with Gasteiger partial charge in [0, 0.05) is 31.9 Å². The van der Waals surface area contributed by atoms with Gasteiger partial charge in [0.1, 0.15) is 0 Å². The van der Waals surface area contributed by atoms with Crippen LogP contribution in [0, 0.1) is 13.8 Å². The van der Waals surface area contributed by atoms with Crippen molar-refractivity contribution in [3.8, 4) is 10.8 Å². The summed E-state index contributed by atoms with van der Waals surface area (Å²) in [5, 5.41) is 13.4. The van der Waals surface area contributed by atoms with Crippen molar-refractivity contribution in [3.63, 3.8) is 0 Å². The first-order valence-electron chi connectivity index (χ1n) is 9.75. The van der Waals surface area contributed by atoms with Gasteiger partial charge in [0.2, 0.25) is 11.8 Å². The molecule has 0 bridgehead atoms. The second kappa shape index (κ2) is 8.86. The molecule has 1 saturated heterocycles. The molecule has 3 aromatic rings. The summed E-state index contributed by atoms with van der Waals surface area (Å²) in [6.45, 7) is 8.50. The van der Waals surface area contributed by atoms with Crippen LogP contribution >= 0.6 is 11.3 Å². The molecule has 1 fully saturated rings. The Morgan fingerprint density at radius 1 is 1.07 bits per heavy atom. The second-order valence-electron chi connectivity index (χ2n) is 7.35. The van der Waals surface area contributed by atoms with Gasteiger partial charge in [-0.3, -0.25) is 14.6 Å². The molecule has 0 atom stereocenters. The predicted octanol–water partition coefficient (Wildman–Crippen LogP) is 3.17. The normalized spacial score (nSPS) is 15.5. The van der Waals surface area contributed by atoms with Gasteiger partial charge in [-0.15, -0.1) is 21.5 Å². The fourth-order valence-electron chi connectivity index (χ4n) is 3.51. The van der Waals surface area contributed by atoms with Crippen molar-refractivity contribution >= 4 is 22.9 Å². The Labute approximate surface area is 174 Å². The van der Waals surface area contributed by atoms with Crippen molar-refractivity contribution in [1.29, 1.82) is 0 Å². The lowest BCUT2D eigenvalue weighted by molar-refractivity contribution is -0.117. The van der Waals surface area contributed by atoms with Crippen molar-refractivity contribution in [2.45, 2.75) is 20.4 Å². The van der Waals surface area contributed by atoms with E-state index in [1.54, 1.807) is 11.3 Å². The summed E-state index contributed by atoms with van der Waals surface area (Å²) in [7, 11) is 0. The number of amides is 1. The van der Waals surface area contributed by atoms with Crippen LogP contribution in [0.25, 0.3) is 10.8 Å². The summed E-state index contributed by atoms with van der Waals surface area (Å²) < 4.78 is 5.78. The first-order chi connectivity index (χ1) is 14.1. The lowest BCUT2D eigenvalue weighted by atomic mass is 10.1. The van der Waals surface area contributed by atoms with Crippen LogP contribution in [-0.2, 0) is 11.3 Å². The van der Waals surface area contributed by atoms with E-state index >= 15 is 0 Å². The number of rotatable bonds is 6. The van der Waals surface area contributed by atoms with Crippen molar-refractivity contribution < 1.29 is 9.21 Å². The van der Waals surface area contributed by atoms with Crippen molar-refractivity contribution in [1.82, 2.24) is 20.0 Å². The summed E-state index contributed by atoms with van der Waals surface area (Å²) in [6.07, 6.45) is 0. The zero-order valence-electron chi connectivity index (χ0n) is 16.7. The number of hydrogen-bond donors (Lipinski definition) is 1. The minimum absolute atomic E-state index is 0.0355. The Morgan fingerprint density at radius 2 is 1.79 bits per heavy atom. The maximum absolute atomic E-state index is 12.5. The van der Waals surface area contributed by atoms with E-state index in [0.29, 0.717) is 24.9 Å². The molecule has 0 unspecified atom stereocenters. The molecule has 4 rings (SSSR count). The number of aromatic nitrogens is 2. The number of nitrogens with one attached hydrogen (secondary N) is 1. The average molecular weight is 412 g/mol. The molecule has 3 heterocycles. The van der Waals surface area contributed by atoms with Crippen LogP contribution in [0.1, 0.15) is 17.0 Å². The van der Waals surface area contributed by atoms with E-state index in [2.05, 4.69) is 25.3 Å². The lowest BCUT2D eigenvalue weighted by Gasteiger charge is -2.33. The van der Waals surface area contributed by atoms with E-state index in [4.69, 9.17) is 4.42 Å². The first kappa shape index (κ1) is 19.8. The number of thiophene rings is 1. The molecule has 0 aliphatic carbocycles. The first-order valence-corrected chi connectivity index (χ1v) is 10.6. The molecule has 1 aliphatic heterocycles. The van der Waals surface area contributed by atoms with E-state index in [-0.39, 0.29) is 5.91 Å². The summed E-state index contributed by atoms with van der Waals surface area (Å²) >= 11 is 1.59. The molecule has 0 radical (unpaired) electrons. The third-order valence-corrected chi connectivity index (χ3v) is 5.99. The maximum atomic E-state index is 12.5. The Balaban J connectivity index is 1.25. The van der Waals surface area contributed by atoms with Crippen LogP contribution in [0.2, 0.25) is 0 Å². The molecule has 8 heteroatoms. The van der Waals surface area contributed by atoms with E-state index in [0.717, 1.165) is 47.9 Å². The van der Waals surface area contributed by atoms with Crippen molar-refractivity contribution in [2.75, 3.05) is 38.0 Å². The molecular weight excluding hydrogens is 386 g/mol. The Hall–Kier alpha value is -2.55. The fraction of sp³-hybridized carbons (Fsp3) is 0.381. The number of hydrogen-bond acceptors (Lipinski definition) is 7. The second-order valence-corrected chi connectivity index (χ2v) is 8.29. The highest BCUT2D eigenvalue weighted by atomic mass is 32.1. The van der Waals surface area contributed by atoms with Gasteiger partial charge in [0.25, 0.3) is 5.89 Å². The summed E-state index contributed by atoms with van der Waals surface area (Å²) in [5.41, 5.74) is 3.10. The molecular formula is C21H25N5O2S. The SMILES string of the molecule is Cc1cccc(C)c1NC(=O)CN1CCN(Cc2nnc(-c3cccs3)o2)CC1. The zero-order valence-corrected chi connectivity index (χ0v) is 17.5. The van der Waals surface area contributed by atoms with Crippen molar-refractivity contribution in [3.05, 3.63) is 52.7 Å². The topological polar surface area (TPSA) is 74.5 Å². The minimum atomic E-state index is 0.0355. The van der Waals surface area contributed by atoms with Gasteiger partial charge >= 0.3 is 0 Å². The molecule has 7 nitrogen and oxygen atoms in total. The molecule has 1 N–H and O–H groups in total. The van der Waals surface area contributed by atoms with Gasteiger partial charge < -0.3 is 9.73 Å².